The SMILES string of the molecule is CC(C)[C@@H](C)[C@@]1(C)CC[C@]2(C)[C@H]3CC[C@@H]4[C@@]5(COC[C@@]4(C)[C@@H](OC[C@](C)(N)C(C)C)[C@H](n4nc(C(N)=O)nc4Br)C5)C3=CC[C@@]2(C)[C@@H]1C(=O)O. The van der Waals surface area contributed by atoms with Gasteiger partial charge in [0.15, 0.2) is 4.73 Å². The average Bonchev–Trinajstić information content (AvgIpc) is 3.41. The quantitative estimate of drug-likeness (QED) is 0.227. The second kappa shape index (κ2) is 12.4. The van der Waals surface area contributed by atoms with Crippen molar-refractivity contribution in [2.45, 2.75) is 125 Å². The van der Waals surface area contributed by atoms with E-state index in [-0.39, 0.29) is 63.3 Å². The summed E-state index contributed by atoms with van der Waals surface area (Å²) in [5.74, 6) is -0.419. The van der Waals surface area contributed by atoms with Crippen LogP contribution in [0.5, 0.6) is 0 Å². The number of carbonyl (C=O) groups is 2. The van der Waals surface area contributed by atoms with Crippen molar-refractivity contribution in [1.82, 2.24) is 14.8 Å². The molecule has 10 nitrogen and oxygen atoms in total. The molecule has 0 radical (unpaired) electrons. The summed E-state index contributed by atoms with van der Waals surface area (Å²) >= 11 is 3.63. The molecule has 3 saturated carbocycles. The largest absolute Gasteiger partial charge is 0.481 e. The number of carbonyl (C=O) groups excluding carboxylic acids is 1. The summed E-state index contributed by atoms with van der Waals surface area (Å²) in [5.41, 5.74) is 11.8. The summed E-state index contributed by atoms with van der Waals surface area (Å²) in [6.07, 6.45) is 7.48. The van der Waals surface area contributed by atoms with E-state index in [1.807, 2.05) is 11.6 Å². The minimum absolute atomic E-state index is 0.0325. The first kappa shape index (κ1) is 37.9. The summed E-state index contributed by atoms with van der Waals surface area (Å²) in [5, 5.41) is 15.7. The molecule has 280 valence electrons. The van der Waals surface area contributed by atoms with E-state index in [1.165, 1.54) is 5.57 Å². The average molecular weight is 761 g/mol. The summed E-state index contributed by atoms with van der Waals surface area (Å²) < 4.78 is 15.9. The lowest BCUT2D eigenvalue weighted by atomic mass is 9.34. The van der Waals surface area contributed by atoms with Gasteiger partial charge in [-0.25, -0.2) is 4.68 Å². The summed E-state index contributed by atoms with van der Waals surface area (Å²) in [6, 6.07) is -0.271. The number of nitrogens with zero attached hydrogens (tertiary/aromatic N) is 3. The van der Waals surface area contributed by atoms with Crippen LogP contribution in [0, 0.1) is 62.6 Å². The van der Waals surface area contributed by atoms with Gasteiger partial charge >= 0.3 is 5.97 Å². The lowest BCUT2D eigenvalue weighted by Crippen LogP contribution is -2.69. The number of amides is 1. The Morgan fingerprint density at radius 2 is 1.80 bits per heavy atom. The Hall–Kier alpha value is -1.82. The molecule has 1 aliphatic heterocycles. The highest BCUT2D eigenvalue weighted by molar-refractivity contribution is 9.10. The summed E-state index contributed by atoms with van der Waals surface area (Å²) in [7, 11) is 0. The third-order valence-corrected chi connectivity index (χ3v) is 16.6. The van der Waals surface area contributed by atoms with Crippen LogP contribution in [0.4, 0.5) is 0 Å². The van der Waals surface area contributed by atoms with Crippen LogP contribution in [-0.2, 0) is 14.3 Å². The van der Waals surface area contributed by atoms with Crippen LogP contribution in [0.25, 0.3) is 0 Å². The standard InChI is InChI=1S/C39H62BrN5O5/c1-21(2)23(5)34(6)15-16-36(8)24-11-12-27-35(7)18-49-20-39(27,25(24)13-14-37(36,9)28(34)32(47)48)17-26(29(35)50-19-38(10,42)22(3)4)45-33(40)43-31(44-45)30(41)46/h13,21-24,26-29H,11-12,14-20,42H2,1-10H3,(H2,41,46)(H,47,48)/t23-,24+,26-,27+,28-,29+,34-,35-,36-,37+,38+,39+/m1/s1. The molecule has 1 saturated heterocycles. The van der Waals surface area contributed by atoms with Gasteiger partial charge in [-0.1, -0.05) is 74.0 Å². The molecule has 0 unspecified atom stereocenters. The molecule has 1 aromatic heterocycles. The second-order valence-corrected chi connectivity index (χ2v) is 19.7. The van der Waals surface area contributed by atoms with E-state index in [2.05, 4.69) is 94.4 Å². The molecule has 0 spiro atoms. The van der Waals surface area contributed by atoms with Crippen molar-refractivity contribution in [3.05, 3.63) is 22.2 Å². The molecular weight excluding hydrogens is 698 g/mol. The number of halogens is 1. The minimum Gasteiger partial charge on any atom is -0.481 e. The van der Waals surface area contributed by atoms with Gasteiger partial charge in [-0.15, -0.1) is 5.10 Å². The van der Waals surface area contributed by atoms with E-state index in [4.69, 9.17) is 20.9 Å². The number of primary amides is 1. The van der Waals surface area contributed by atoms with E-state index in [1.54, 1.807) is 0 Å². The van der Waals surface area contributed by atoms with Crippen LogP contribution in [0.2, 0.25) is 0 Å². The highest BCUT2D eigenvalue weighted by Crippen LogP contribution is 2.75. The van der Waals surface area contributed by atoms with Gasteiger partial charge in [0.2, 0.25) is 5.82 Å². The molecule has 4 aliphatic carbocycles. The molecular formula is C39H62BrN5O5. The molecule has 2 heterocycles. The first-order valence-electron chi connectivity index (χ1n) is 18.9. The Balaban J connectivity index is 1.48. The van der Waals surface area contributed by atoms with Crippen molar-refractivity contribution in [3.8, 4) is 0 Å². The Labute approximate surface area is 307 Å². The minimum atomic E-state index is -0.679. The Bertz CT molecular complexity index is 1560. The number of carboxylic acid groups (broad SMARTS) is 1. The van der Waals surface area contributed by atoms with Gasteiger partial charge in [-0.3, -0.25) is 9.59 Å². The normalized spacial score (nSPS) is 42.9. The van der Waals surface area contributed by atoms with Crippen molar-refractivity contribution < 1.29 is 24.2 Å². The molecule has 5 aliphatic rings. The smallest absolute Gasteiger partial charge is 0.307 e. The first-order chi connectivity index (χ1) is 23.1. The van der Waals surface area contributed by atoms with Crippen LogP contribution in [-0.4, -0.2) is 63.2 Å². The monoisotopic (exact) mass is 759 g/mol. The van der Waals surface area contributed by atoms with E-state index in [0.717, 1.165) is 32.1 Å². The van der Waals surface area contributed by atoms with E-state index in [9.17, 15) is 14.7 Å². The molecule has 0 aromatic carbocycles. The lowest BCUT2D eigenvalue weighted by molar-refractivity contribution is -0.253. The molecule has 4 fully saturated rings. The number of aromatic nitrogens is 3. The van der Waals surface area contributed by atoms with E-state index in [0.29, 0.717) is 36.9 Å². The number of aliphatic carboxylic acids is 1. The zero-order chi connectivity index (χ0) is 37.0. The first-order valence-corrected chi connectivity index (χ1v) is 19.7. The molecule has 1 aromatic rings. The van der Waals surface area contributed by atoms with Gasteiger partial charge in [-0.2, -0.15) is 4.98 Å². The fourth-order valence-electron chi connectivity index (χ4n) is 12.2. The van der Waals surface area contributed by atoms with Gasteiger partial charge < -0.3 is 26.0 Å². The van der Waals surface area contributed by atoms with Crippen LogP contribution >= 0.6 is 15.9 Å². The van der Waals surface area contributed by atoms with Crippen LogP contribution in [0.15, 0.2) is 16.4 Å². The highest BCUT2D eigenvalue weighted by Gasteiger charge is 2.72. The predicted molar refractivity (Wildman–Crippen MR) is 196 cm³/mol. The highest BCUT2D eigenvalue weighted by atomic mass is 79.9. The number of hydrogen-bond donors (Lipinski definition) is 3. The van der Waals surface area contributed by atoms with Crippen LogP contribution in [0.1, 0.15) is 124 Å². The van der Waals surface area contributed by atoms with E-state index >= 15 is 0 Å². The second-order valence-electron chi connectivity index (χ2n) is 19.0. The van der Waals surface area contributed by atoms with Crippen molar-refractivity contribution in [3.63, 3.8) is 0 Å². The Morgan fingerprint density at radius 3 is 2.38 bits per heavy atom. The predicted octanol–water partition coefficient (Wildman–Crippen LogP) is 7.03. The number of ether oxygens (including phenoxy) is 2. The van der Waals surface area contributed by atoms with Crippen molar-refractivity contribution in [2.75, 3.05) is 19.8 Å². The fraction of sp³-hybridized carbons (Fsp3) is 0.846. The van der Waals surface area contributed by atoms with Crippen molar-refractivity contribution in [1.29, 1.82) is 0 Å². The molecule has 2 bridgehead atoms. The molecule has 5 N–H and O–H groups in total. The number of nitrogens with two attached hydrogens (primary N) is 2. The fourth-order valence-corrected chi connectivity index (χ4v) is 12.7. The maximum Gasteiger partial charge on any atom is 0.307 e. The van der Waals surface area contributed by atoms with Gasteiger partial charge in [-0.05, 0) is 107 Å². The van der Waals surface area contributed by atoms with Gasteiger partial charge in [0.25, 0.3) is 5.91 Å². The molecule has 50 heavy (non-hydrogen) atoms. The lowest BCUT2D eigenvalue weighted by Gasteiger charge is -2.71. The van der Waals surface area contributed by atoms with Gasteiger partial charge in [0, 0.05) is 16.4 Å². The molecule has 12 atom stereocenters. The zero-order valence-corrected chi connectivity index (χ0v) is 33.6. The molecule has 6 rings (SSSR count). The van der Waals surface area contributed by atoms with Gasteiger partial charge in [0.05, 0.1) is 37.9 Å². The Morgan fingerprint density at radius 1 is 1.12 bits per heavy atom. The number of allylic oxidation sites excluding steroid dienone is 1. The molecule has 11 heteroatoms. The Kier molecular flexibility index (Phi) is 9.38. The third-order valence-electron chi connectivity index (χ3n) is 16.1. The third kappa shape index (κ3) is 5.24. The van der Waals surface area contributed by atoms with Crippen LogP contribution in [0.3, 0.4) is 0 Å². The topological polar surface area (TPSA) is 156 Å². The summed E-state index contributed by atoms with van der Waals surface area (Å²) in [4.78, 5) is 30.2. The summed E-state index contributed by atoms with van der Waals surface area (Å²) in [6.45, 7) is 23.7. The zero-order valence-electron chi connectivity index (χ0n) is 32.0. The van der Waals surface area contributed by atoms with Crippen LogP contribution < -0.4 is 11.5 Å². The number of carboxylic acids is 1. The maximum atomic E-state index is 13.5. The van der Waals surface area contributed by atoms with Crippen molar-refractivity contribution >= 4 is 27.8 Å². The number of fused-ring (bicyclic) bond motifs is 3. The van der Waals surface area contributed by atoms with Gasteiger partial charge in [0.1, 0.15) is 0 Å². The number of rotatable bonds is 9. The van der Waals surface area contributed by atoms with Crippen molar-refractivity contribution in [2.24, 2.45) is 74.0 Å². The number of hydrogen-bond acceptors (Lipinski definition) is 7. The molecule has 1 amide bonds. The maximum absolute atomic E-state index is 13.5. The van der Waals surface area contributed by atoms with E-state index < -0.39 is 28.7 Å².